The molecule has 2 heterocycles. The Morgan fingerprint density at radius 2 is 2.07 bits per heavy atom. The van der Waals surface area contributed by atoms with Crippen LogP contribution in [-0.2, 0) is 17.9 Å². The van der Waals surface area contributed by atoms with E-state index in [-0.39, 0.29) is 5.91 Å². The van der Waals surface area contributed by atoms with Gasteiger partial charge in [0.2, 0.25) is 5.91 Å². The Balaban J connectivity index is 1.66. The van der Waals surface area contributed by atoms with Gasteiger partial charge in [0, 0.05) is 30.5 Å². The summed E-state index contributed by atoms with van der Waals surface area (Å²) in [5, 5.41) is 7.14. The topological polar surface area (TPSA) is 63.1 Å². The van der Waals surface area contributed by atoms with Gasteiger partial charge in [-0.1, -0.05) is 11.6 Å². The van der Waals surface area contributed by atoms with Gasteiger partial charge in [0.05, 0.1) is 17.5 Å². The van der Waals surface area contributed by atoms with Crippen LogP contribution >= 0.6 is 35.2 Å². The molecule has 1 aromatic carbocycles. The van der Waals surface area contributed by atoms with E-state index >= 15 is 0 Å². The Labute approximate surface area is 177 Å². The third-order valence-corrected chi connectivity index (χ3v) is 5.71. The molecule has 6 nitrogen and oxygen atoms in total. The van der Waals surface area contributed by atoms with Crippen molar-refractivity contribution in [3.05, 3.63) is 50.4 Å². The second-order valence-corrected chi connectivity index (χ2v) is 8.35. The molecule has 0 saturated carbocycles. The Morgan fingerprint density at radius 3 is 2.71 bits per heavy atom. The molecule has 0 aliphatic carbocycles. The number of halogens is 1. The fourth-order valence-corrected chi connectivity index (χ4v) is 4.13. The monoisotopic (exact) mass is 436 g/mol. The van der Waals surface area contributed by atoms with Crippen LogP contribution in [0, 0.1) is 4.77 Å². The molecule has 0 aliphatic rings. The summed E-state index contributed by atoms with van der Waals surface area (Å²) in [6.45, 7) is 3.55. The summed E-state index contributed by atoms with van der Waals surface area (Å²) in [5.41, 5.74) is 0.907. The summed E-state index contributed by atoms with van der Waals surface area (Å²) in [5.74, 6) is 1.54. The second kappa shape index (κ2) is 9.36. The molecule has 2 aromatic heterocycles. The van der Waals surface area contributed by atoms with E-state index < -0.39 is 0 Å². The standard InChI is InChI=1S/C19H21ClN4O2S2/c1-3-26-14-6-4-13(5-7-14)18-21-22-19(27)24(18)11-10-17(25)23(2)12-15-8-9-16(20)28-15/h4-9H,3,10-12H2,1-2H3,(H,22,27). The molecule has 148 valence electrons. The van der Waals surface area contributed by atoms with Gasteiger partial charge in [0.1, 0.15) is 5.75 Å². The van der Waals surface area contributed by atoms with Gasteiger partial charge in [0.15, 0.2) is 10.6 Å². The molecular weight excluding hydrogens is 416 g/mol. The minimum Gasteiger partial charge on any atom is -0.494 e. The van der Waals surface area contributed by atoms with Crippen LogP contribution in [0.2, 0.25) is 4.34 Å². The van der Waals surface area contributed by atoms with Crippen molar-refractivity contribution in [3.8, 4) is 17.1 Å². The van der Waals surface area contributed by atoms with E-state index in [4.69, 9.17) is 28.6 Å². The molecular formula is C19H21ClN4O2S2. The summed E-state index contributed by atoms with van der Waals surface area (Å²) >= 11 is 12.8. The van der Waals surface area contributed by atoms with Gasteiger partial charge < -0.3 is 9.64 Å². The number of aromatic amines is 1. The number of nitrogens with one attached hydrogen (secondary N) is 1. The van der Waals surface area contributed by atoms with Crippen LogP contribution in [0.3, 0.4) is 0 Å². The van der Waals surface area contributed by atoms with Crippen LogP contribution < -0.4 is 4.74 Å². The number of benzene rings is 1. The first-order valence-corrected chi connectivity index (χ1v) is 10.4. The lowest BCUT2D eigenvalue weighted by Gasteiger charge is -2.16. The highest BCUT2D eigenvalue weighted by atomic mass is 35.5. The van der Waals surface area contributed by atoms with Gasteiger partial charge in [-0.2, -0.15) is 5.10 Å². The van der Waals surface area contributed by atoms with E-state index in [0.29, 0.717) is 36.7 Å². The SMILES string of the molecule is CCOc1ccc(-c2n[nH]c(=S)n2CCC(=O)N(C)Cc2ccc(Cl)s2)cc1. The summed E-state index contributed by atoms with van der Waals surface area (Å²) in [6.07, 6.45) is 0.327. The third-order valence-electron chi connectivity index (χ3n) is 4.18. The van der Waals surface area contributed by atoms with Crippen molar-refractivity contribution in [2.24, 2.45) is 0 Å². The van der Waals surface area contributed by atoms with Crippen LogP contribution in [0.1, 0.15) is 18.2 Å². The zero-order chi connectivity index (χ0) is 20.1. The van der Waals surface area contributed by atoms with Crippen molar-refractivity contribution >= 4 is 41.1 Å². The molecule has 9 heteroatoms. The first kappa shape index (κ1) is 20.6. The average Bonchev–Trinajstić information content (AvgIpc) is 3.26. The van der Waals surface area contributed by atoms with Crippen molar-refractivity contribution in [2.75, 3.05) is 13.7 Å². The van der Waals surface area contributed by atoms with Gasteiger partial charge in [-0.15, -0.1) is 11.3 Å². The molecule has 0 bridgehead atoms. The second-order valence-electron chi connectivity index (χ2n) is 6.17. The highest BCUT2D eigenvalue weighted by molar-refractivity contribution is 7.71. The molecule has 28 heavy (non-hydrogen) atoms. The lowest BCUT2D eigenvalue weighted by atomic mass is 10.2. The zero-order valence-corrected chi connectivity index (χ0v) is 18.0. The van der Waals surface area contributed by atoms with Crippen molar-refractivity contribution in [2.45, 2.75) is 26.4 Å². The zero-order valence-electron chi connectivity index (χ0n) is 15.6. The predicted octanol–water partition coefficient (Wildman–Crippen LogP) is 4.77. The minimum atomic E-state index is 0.0327. The average molecular weight is 437 g/mol. The highest BCUT2D eigenvalue weighted by Gasteiger charge is 2.14. The maximum atomic E-state index is 12.5. The summed E-state index contributed by atoms with van der Waals surface area (Å²) in [7, 11) is 1.79. The Kier molecular flexibility index (Phi) is 6.88. The Morgan fingerprint density at radius 1 is 1.32 bits per heavy atom. The van der Waals surface area contributed by atoms with Crippen molar-refractivity contribution in [1.29, 1.82) is 0 Å². The van der Waals surface area contributed by atoms with E-state index in [1.807, 2.05) is 47.9 Å². The minimum absolute atomic E-state index is 0.0327. The number of hydrogen-bond acceptors (Lipinski definition) is 5. The van der Waals surface area contributed by atoms with Crippen LogP contribution in [0.5, 0.6) is 5.75 Å². The number of H-pyrrole nitrogens is 1. The number of thiophene rings is 1. The molecule has 1 amide bonds. The number of carbonyl (C=O) groups excluding carboxylic acids is 1. The Hall–Kier alpha value is -2.16. The molecule has 3 rings (SSSR count). The first-order valence-electron chi connectivity index (χ1n) is 8.84. The fourth-order valence-electron chi connectivity index (χ4n) is 2.77. The van der Waals surface area contributed by atoms with Crippen LogP contribution in [0.25, 0.3) is 11.4 Å². The lowest BCUT2D eigenvalue weighted by Crippen LogP contribution is -2.26. The molecule has 0 unspecified atom stereocenters. The summed E-state index contributed by atoms with van der Waals surface area (Å²) in [4.78, 5) is 15.3. The first-order chi connectivity index (χ1) is 13.5. The van der Waals surface area contributed by atoms with Crippen LogP contribution in [0.4, 0.5) is 0 Å². The molecule has 3 aromatic rings. The van der Waals surface area contributed by atoms with E-state index in [9.17, 15) is 4.79 Å². The highest BCUT2D eigenvalue weighted by Crippen LogP contribution is 2.23. The van der Waals surface area contributed by atoms with Gasteiger partial charge >= 0.3 is 0 Å². The summed E-state index contributed by atoms with van der Waals surface area (Å²) in [6, 6.07) is 11.4. The number of aromatic nitrogens is 3. The van der Waals surface area contributed by atoms with Gasteiger partial charge in [-0.3, -0.25) is 14.5 Å². The molecule has 0 radical (unpaired) electrons. The molecule has 0 fully saturated rings. The maximum absolute atomic E-state index is 12.5. The maximum Gasteiger partial charge on any atom is 0.224 e. The molecule has 1 N–H and O–H groups in total. The van der Waals surface area contributed by atoms with E-state index in [2.05, 4.69) is 10.2 Å². The third kappa shape index (κ3) is 5.01. The van der Waals surface area contributed by atoms with Crippen LogP contribution in [0.15, 0.2) is 36.4 Å². The number of ether oxygens (including phenoxy) is 1. The number of amides is 1. The molecule has 0 saturated heterocycles. The van der Waals surface area contributed by atoms with Crippen molar-refractivity contribution < 1.29 is 9.53 Å². The van der Waals surface area contributed by atoms with Gasteiger partial charge in [-0.05, 0) is 55.5 Å². The van der Waals surface area contributed by atoms with Crippen molar-refractivity contribution in [3.63, 3.8) is 0 Å². The van der Waals surface area contributed by atoms with Gasteiger partial charge in [-0.25, -0.2) is 0 Å². The lowest BCUT2D eigenvalue weighted by molar-refractivity contribution is -0.130. The van der Waals surface area contributed by atoms with E-state index in [0.717, 1.165) is 20.5 Å². The predicted molar refractivity (Wildman–Crippen MR) is 114 cm³/mol. The fraction of sp³-hybridized carbons (Fsp3) is 0.316. The normalized spacial score (nSPS) is 10.8. The smallest absolute Gasteiger partial charge is 0.224 e. The van der Waals surface area contributed by atoms with Gasteiger partial charge in [0.25, 0.3) is 0 Å². The molecule has 0 atom stereocenters. The number of rotatable bonds is 8. The quantitative estimate of drug-likeness (QED) is 0.516. The van der Waals surface area contributed by atoms with E-state index in [1.165, 1.54) is 11.3 Å². The molecule has 0 aliphatic heterocycles. The Bertz CT molecular complexity index is 994. The van der Waals surface area contributed by atoms with E-state index in [1.54, 1.807) is 11.9 Å². The summed E-state index contributed by atoms with van der Waals surface area (Å²) < 4.78 is 8.53. The number of hydrogen-bond donors (Lipinski definition) is 1. The number of carbonyl (C=O) groups is 1. The van der Waals surface area contributed by atoms with Crippen molar-refractivity contribution in [1.82, 2.24) is 19.7 Å². The molecule has 0 spiro atoms. The number of nitrogens with zero attached hydrogens (tertiary/aromatic N) is 3. The van der Waals surface area contributed by atoms with Crippen LogP contribution in [-0.4, -0.2) is 39.2 Å². The largest absolute Gasteiger partial charge is 0.494 e.